The second-order valence-corrected chi connectivity index (χ2v) is 8.14. The molecule has 1 aliphatic rings. The summed E-state index contributed by atoms with van der Waals surface area (Å²) in [6.07, 6.45) is 0. The summed E-state index contributed by atoms with van der Waals surface area (Å²) in [5, 5.41) is 2.60. The number of nitrogens with one attached hydrogen (secondary N) is 1. The second-order valence-electron chi connectivity index (χ2n) is 6.52. The van der Waals surface area contributed by atoms with Crippen LogP contribution < -0.4 is 10.1 Å². The third-order valence-corrected chi connectivity index (χ3v) is 6.24. The molecule has 0 radical (unpaired) electrons. The first-order valence-corrected chi connectivity index (χ1v) is 9.76. The Hall–Kier alpha value is -2.77. The van der Waals surface area contributed by atoms with Crippen molar-refractivity contribution < 1.29 is 23.1 Å². The number of alkyl halides is 1. The molecule has 1 unspecified atom stereocenters. The topological polar surface area (TPSA) is 55.4 Å². The Morgan fingerprint density at radius 1 is 1.10 bits per heavy atom. The van der Waals surface area contributed by atoms with E-state index in [0.29, 0.717) is 5.56 Å². The van der Waals surface area contributed by atoms with Crippen molar-refractivity contribution in [1.29, 1.82) is 0 Å². The van der Waals surface area contributed by atoms with Gasteiger partial charge in [0.1, 0.15) is 20.9 Å². The van der Waals surface area contributed by atoms with E-state index < -0.39 is 23.2 Å². The molecule has 0 bridgehead atoms. The van der Waals surface area contributed by atoms with Crippen molar-refractivity contribution >= 4 is 39.6 Å². The van der Waals surface area contributed by atoms with Gasteiger partial charge in [0.05, 0.1) is 12.7 Å². The van der Waals surface area contributed by atoms with Crippen molar-refractivity contribution in [3.63, 3.8) is 0 Å². The van der Waals surface area contributed by atoms with Crippen LogP contribution >= 0.6 is 22.9 Å². The summed E-state index contributed by atoms with van der Waals surface area (Å²) in [6, 6.07) is 10.1. The minimum absolute atomic E-state index is 0.0599. The number of carbonyl (C=O) groups excluding carboxylic acids is 2. The highest BCUT2D eigenvalue weighted by Crippen LogP contribution is 2.52. The highest BCUT2D eigenvalue weighted by Gasteiger charge is 2.54. The summed E-state index contributed by atoms with van der Waals surface area (Å²) in [4.78, 5) is 25.9. The fourth-order valence-electron chi connectivity index (χ4n) is 3.47. The molecule has 4 rings (SSSR count). The number of carbonyl (C=O) groups is 2. The first-order valence-electron chi connectivity index (χ1n) is 8.57. The van der Waals surface area contributed by atoms with Crippen molar-refractivity contribution in [3.8, 4) is 16.9 Å². The number of hydrogen-bond donors (Lipinski definition) is 1. The molecule has 29 heavy (non-hydrogen) atoms. The average molecular weight is 434 g/mol. The third kappa shape index (κ3) is 2.76. The van der Waals surface area contributed by atoms with Crippen LogP contribution in [-0.2, 0) is 10.5 Å². The first kappa shape index (κ1) is 19.5. The molecule has 4 nitrogen and oxygen atoms in total. The van der Waals surface area contributed by atoms with E-state index in [2.05, 4.69) is 5.32 Å². The summed E-state index contributed by atoms with van der Waals surface area (Å²) in [5.41, 5.74) is -2.28. The van der Waals surface area contributed by atoms with Crippen LogP contribution in [0.3, 0.4) is 0 Å². The van der Waals surface area contributed by atoms with Gasteiger partial charge in [-0.1, -0.05) is 41.9 Å². The minimum Gasteiger partial charge on any atom is -0.496 e. The maximum absolute atomic E-state index is 15.9. The molecule has 0 fully saturated rings. The number of anilines is 1. The number of fused-ring (bicyclic) bond motifs is 1. The third-order valence-electron chi connectivity index (χ3n) is 4.93. The van der Waals surface area contributed by atoms with Crippen molar-refractivity contribution in [2.24, 2.45) is 0 Å². The minimum atomic E-state index is -2.91. The molecule has 3 aromatic rings. The summed E-state index contributed by atoms with van der Waals surface area (Å²) in [5.74, 6) is -2.41. The lowest BCUT2D eigenvalue weighted by molar-refractivity contribution is -0.125. The van der Waals surface area contributed by atoms with Gasteiger partial charge in [-0.3, -0.25) is 9.59 Å². The van der Waals surface area contributed by atoms with Crippen molar-refractivity contribution in [2.75, 3.05) is 12.4 Å². The van der Waals surface area contributed by atoms with E-state index in [1.807, 2.05) is 0 Å². The van der Waals surface area contributed by atoms with E-state index in [4.69, 9.17) is 16.3 Å². The number of amides is 1. The number of methoxy groups -OCH3 is 1. The van der Waals surface area contributed by atoms with E-state index in [1.165, 1.54) is 38.3 Å². The quantitative estimate of drug-likeness (QED) is 0.553. The molecule has 0 saturated carbocycles. The van der Waals surface area contributed by atoms with Crippen LogP contribution in [0.15, 0.2) is 42.5 Å². The van der Waals surface area contributed by atoms with Crippen molar-refractivity contribution in [2.45, 2.75) is 12.6 Å². The average Bonchev–Trinajstić information content (AvgIpc) is 3.04. The highest BCUT2D eigenvalue weighted by molar-refractivity contribution is 7.21. The van der Waals surface area contributed by atoms with E-state index in [0.717, 1.165) is 11.3 Å². The molecule has 148 valence electrons. The molecule has 2 heterocycles. The Balaban J connectivity index is 1.98. The fourth-order valence-corrected chi connectivity index (χ4v) is 4.83. The van der Waals surface area contributed by atoms with Crippen molar-refractivity contribution in [3.05, 3.63) is 69.3 Å². The van der Waals surface area contributed by atoms with Crippen LogP contribution in [0.1, 0.15) is 21.5 Å². The zero-order valence-electron chi connectivity index (χ0n) is 15.3. The lowest BCUT2D eigenvalue weighted by Gasteiger charge is -2.28. The lowest BCUT2D eigenvalue weighted by Crippen LogP contribution is -2.47. The van der Waals surface area contributed by atoms with Gasteiger partial charge in [-0.2, -0.15) is 0 Å². The normalized spacial score (nSPS) is 18.4. The van der Waals surface area contributed by atoms with E-state index in [1.54, 1.807) is 18.2 Å². The van der Waals surface area contributed by atoms with Gasteiger partial charge in [-0.15, -0.1) is 11.3 Å². The monoisotopic (exact) mass is 433 g/mol. The molecule has 1 aliphatic heterocycles. The molecule has 0 aliphatic carbocycles. The van der Waals surface area contributed by atoms with Gasteiger partial charge in [0, 0.05) is 22.3 Å². The van der Waals surface area contributed by atoms with Crippen LogP contribution in [0.25, 0.3) is 11.1 Å². The van der Waals surface area contributed by atoms with E-state index >= 15 is 4.39 Å². The predicted octanol–water partition coefficient (Wildman–Crippen LogP) is 5.52. The highest BCUT2D eigenvalue weighted by atomic mass is 35.5. The summed E-state index contributed by atoms with van der Waals surface area (Å²) >= 11 is 7.33. The maximum Gasteiger partial charge on any atom is 0.275 e. The molecular formula is C21H14ClF2NO3S. The number of thiophene rings is 1. The Morgan fingerprint density at radius 2 is 1.79 bits per heavy atom. The van der Waals surface area contributed by atoms with Crippen LogP contribution in [0.2, 0.25) is 4.34 Å². The molecule has 2 aromatic carbocycles. The van der Waals surface area contributed by atoms with Crippen LogP contribution in [0, 0.1) is 12.7 Å². The number of halogens is 3. The van der Waals surface area contributed by atoms with Gasteiger partial charge in [-0.25, -0.2) is 8.78 Å². The van der Waals surface area contributed by atoms with Gasteiger partial charge < -0.3 is 10.1 Å². The van der Waals surface area contributed by atoms with Crippen LogP contribution in [-0.4, -0.2) is 18.8 Å². The Labute approximate surface area is 174 Å². The van der Waals surface area contributed by atoms with Gasteiger partial charge in [0.2, 0.25) is 5.78 Å². The summed E-state index contributed by atoms with van der Waals surface area (Å²) < 4.78 is 35.4. The van der Waals surface area contributed by atoms with Crippen LogP contribution in [0.4, 0.5) is 13.8 Å². The number of hydrogen-bond acceptors (Lipinski definition) is 4. The molecular weight excluding hydrogens is 420 g/mol. The van der Waals surface area contributed by atoms with Gasteiger partial charge in [0.15, 0.2) is 0 Å². The zero-order chi connectivity index (χ0) is 20.9. The molecule has 8 heteroatoms. The number of benzene rings is 2. The zero-order valence-corrected chi connectivity index (χ0v) is 16.9. The summed E-state index contributed by atoms with van der Waals surface area (Å²) in [7, 11) is 1.37. The fraction of sp³-hybridized carbons (Fsp3) is 0.143. The van der Waals surface area contributed by atoms with Gasteiger partial charge in [0.25, 0.3) is 11.6 Å². The maximum atomic E-state index is 15.9. The number of Topliss-reactive ketones (excluding diaryl/α,β-unsaturated/α-hetero) is 1. The van der Waals surface area contributed by atoms with Crippen LogP contribution in [0.5, 0.6) is 5.75 Å². The number of ether oxygens (including phenoxy) is 1. The Morgan fingerprint density at radius 3 is 2.45 bits per heavy atom. The van der Waals surface area contributed by atoms with E-state index in [9.17, 15) is 14.0 Å². The Bertz CT molecular complexity index is 1160. The molecule has 1 atom stereocenters. The van der Waals surface area contributed by atoms with Gasteiger partial charge >= 0.3 is 0 Å². The predicted molar refractivity (Wildman–Crippen MR) is 108 cm³/mol. The molecule has 0 spiro atoms. The largest absolute Gasteiger partial charge is 0.496 e. The number of ketones is 1. The van der Waals surface area contributed by atoms with Crippen molar-refractivity contribution in [1.82, 2.24) is 0 Å². The Kier molecular flexibility index (Phi) is 4.67. The SMILES string of the molecule is COc1c(-c2c(Cl)sc3c2C(=O)C(F)(c2ccccc2)C(=O)N3)ccc(F)c1C. The smallest absolute Gasteiger partial charge is 0.275 e. The molecule has 0 saturated heterocycles. The summed E-state index contributed by atoms with van der Waals surface area (Å²) in [6.45, 7) is 1.53. The standard InChI is InChI=1S/C21H14ClF2NO3S/c1-10-13(23)9-8-12(16(10)28-2)14-15-17(26)21(24,11-6-4-3-5-7-11)20(27)25-19(15)29-18(14)22/h3-9H,1-2H3,(H,25,27). The van der Waals surface area contributed by atoms with Gasteiger partial charge in [-0.05, 0) is 19.1 Å². The molecule has 1 aromatic heterocycles. The van der Waals surface area contributed by atoms with E-state index in [-0.39, 0.29) is 37.3 Å². The number of rotatable bonds is 3. The first-order chi connectivity index (χ1) is 13.8. The lowest BCUT2D eigenvalue weighted by atomic mass is 9.82. The molecule has 1 amide bonds. The molecule has 1 N–H and O–H groups in total. The second kappa shape index (κ2) is 6.93.